The van der Waals surface area contributed by atoms with Crippen molar-refractivity contribution >= 4 is 52.4 Å². The molecule has 0 heterocycles. The average Bonchev–Trinajstić information content (AvgIpc) is 2.56. The van der Waals surface area contributed by atoms with Gasteiger partial charge in [-0.15, -0.1) is 0 Å². The molecule has 0 bridgehead atoms. The molecule has 1 atom stereocenters. The van der Waals surface area contributed by atoms with E-state index in [0.717, 1.165) is 0 Å². The Kier molecular flexibility index (Phi) is 6.71. The van der Waals surface area contributed by atoms with Gasteiger partial charge >= 0.3 is 5.97 Å². The van der Waals surface area contributed by atoms with Crippen molar-refractivity contribution in [2.45, 2.75) is 18.8 Å². The van der Waals surface area contributed by atoms with E-state index in [0.29, 0.717) is 26.3 Å². The maximum absolute atomic E-state index is 12.6. The Hall–Kier alpha value is -1.75. The number of anilines is 1. The molecule has 1 amide bonds. The summed E-state index contributed by atoms with van der Waals surface area (Å²) >= 11 is 17.8. The predicted molar refractivity (Wildman–Crippen MR) is 101 cm³/mol. The van der Waals surface area contributed by atoms with Gasteiger partial charge in [0.2, 0.25) is 5.91 Å². The maximum atomic E-state index is 12.6. The highest BCUT2D eigenvalue weighted by atomic mass is 35.5. The number of rotatable bonds is 6. The third kappa shape index (κ3) is 5.36. The average molecular weight is 401 g/mol. The third-order valence-corrected chi connectivity index (χ3v) is 4.84. The van der Waals surface area contributed by atoms with E-state index in [1.165, 1.54) is 4.90 Å². The van der Waals surface area contributed by atoms with Gasteiger partial charge in [-0.05, 0) is 42.0 Å². The zero-order valence-electron chi connectivity index (χ0n) is 13.4. The number of amides is 1. The van der Waals surface area contributed by atoms with Crippen molar-refractivity contribution in [3.8, 4) is 0 Å². The fourth-order valence-electron chi connectivity index (χ4n) is 2.44. The standard InChI is InChI=1S/C18H16Cl3NO3/c1-22(14-5-3-13(19)4-6-14)17(23)9-12(10-18(24)25)11-2-7-15(20)16(21)8-11/h2-8,12H,9-10H2,1H3,(H,24,25). The molecule has 25 heavy (non-hydrogen) atoms. The zero-order chi connectivity index (χ0) is 18.6. The number of halogens is 3. The van der Waals surface area contributed by atoms with E-state index in [-0.39, 0.29) is 18.7 Å². The summed E-state index contributed by atoms with van der Waals surface area (Å²) in [6.07, 6.45) is -0.151. The topological polar surface area (TPSA) is 57.6 Å². The van der Waals surface area contributed by atoms with Crippen LogP contribution in [0.1, 0.15) is 24.3 Å². The summed E-state index contributed by atoms with van der Waals surface area (Å²) in [5.41, 5.74) is 1.34. The van der Waals surface area contributed by atoms with Gasteiger partial charge in [0.05, 0.1) is 16.5 Å². The first-order valence-corrected chi connectivity index (χ1v) is 8.60. The minimum Gasteiger partial charge on any atom is -0.481 e. The number of carbonyl (C=O) groups is 2. The van der Waals surface area contributed by atoms with E-state index in [9.17, 15) is 9.59 Å². The molecule has 2 aromatic carbocycles. The fraction of sp³-hybridized carbons (Fsp3) is 0.222. The maximum Gasteiger partial charge on any atom is 0.303 e. The summed E-state index contributed by atoms with van der Waals surface area (Å²) in [5, 5.41) is 10.4. The molecule has 0 saturated carbocycles. The second kappa shape index (κ2) is 8.56. The lowest BCUT2D eigenvalue weighted by molar-refractivity contribution is -0.137. The Morgan fingerprint density at radius 1 is 1.00 bits per heavy atom. The molecule has 7 heteroatoms. The van der Waals surface area contributed by atoms with Crippen LogP contribution >= 0.6 is 34.8 Å². The van der Waals surface area contributed by atoms with E-state index in [2.05, 4.69) is 0 Å². The molecule has 0 fully saturated rings. The summed E-state index contributed by atoms with van der Waals surface area (Å²) in [6.45, 7) is 0. The SMILES string of the molecule is CN(C(=O)CC(CC(=O)O)c1ccc(Cl)c(Cl)c1)c1ccc(Cl)cc1. The van der Waals surface area contributed by atoms with Gasteiger partial charge in [0.25, 0.3) is 0 Å². The molecule has 0 aromatic heterocycles. The van der Waals surface area contributed by atoms with E-state index >= 15 is 0 Å². The molecule has 4 nitrogen and oxygen atoms in total. The lowest BCUT2D eigenvalue weighted by Crippen LogP contribution is -2.28. The smallest absolute Gasteiger partial charge is 0.303 e. The van der Waals surface area contributed by atoms with Gasteiger partial charge in [-0.3, -0.25) is 9.59 Å². The monoisotopic (exact) mass is 399 g/mol. The normalized spacial score (nSPS) is 11.8. The quantitative estimate of drug-likeness (QED) is 0.719. The summed E-state index contributed by atoms with van der Waals surface area (Å²) in [7, 11) is 1.64. The molecule has 0 spiro atoms. The molecule has 2 rings (SSSR count). The van der Waals surface area contributed by atoms with Gasteiger partial charge in [0.15, 0.2) is 0 Å². The van der Waals surface area contributed by atoms with Crippen molar-refractivity contribution in [3.63, 3.8) is 0 Å². The second-order valence-corrected chi connectivity index (χ2v) is 6.85. The number of carboxylic acid groups (broad SMARTS) is 1. The first kappa shape index (κ1) is 19.6. The van der Waals surface area contributed by atoms with Crippen LogP contribution in [0.4, 0.5) is 5.69 Å². The highest BCUT2D eigenvalue weighted by Gasteiger charge is 2.22. The number of carboxylic acids is 1. The number of hydrogen-bond donors (Lipinski definition) is 1. The van der Waals surface area contributed by atoms with Crippen LogP contribution in [0.5, 0.6) is 0 Å². The first-order chi connectivity index (χ1) is 11.8. The van der Waals surface area contributed by atoms with E-state index in [1.807, 2.05) is 0 Å². The summed E-state index contributed by atoms with van der Waals surface area (Å²) in [6, 6.07) is 11.7. The molecule has 1 N–H and O–H groups in total. The van der Waals surface area contributed by atoms with E-state index in [1.54, 1.807) is 49.5 Å². The van der Waals surface area contributed by atoms with Gasteiger partial charge in [-0.2, -0.15) is 0 Å². The largest absolute Gasteiger partial charge is 0.481 e. The van der Waals surface area contributed by atoms with Crippen LogP contribution < -0.4 is 4.90 Å². The lowest BCUT2D eigenvalue weighted by Gasteiger charge is -2.21. The molecule has 0 saturated heterocycles. The van der Waals surface area contributed by atoms with Crippen molar-refractivity contribution < 1.29 is 14.7 Å². The number of benzene rings is 2. The highest BCUT2D eigenvalue weighted by molar-refractivity contribution is 6.42. The van der Waals surface area contributed by atoms with Crippen LogP contribution in [0.2, 0.25) is 15.1 Å². The van der Waals surface area contributed by atoms with Gasteiger partial charge < -0.3 is 10.0 Å². The second-order valence-electron chi connectivity index (χ2n) is 5.60. The van der Waals surface area contributed by atoms with Crippen LogP contribution in [0, 0.1) is 0 Å². The third-order valence-electron chi connectivity index (χ3n) is 3.85. The number of aliphatic carboxylic acids is 1. The van der Waals surface area contributed by atoms with Crippen molar-refractivity contribution in [3.05, 3.63) is 63.1 Å². The van der Waals surface area contributed by atoms with Crippen LogP contribution in [-0.2, 0) is 9.59 Å². The number of hydrogen-bond acceptors (Lipinski definition) is 2. The molecule has 1 unspecified atom stereocenters. The van der Waals surface area contributed by atoms with Crippen molar-refractivity contribution in [2.24, 2.45) is 0 Å². The predicted octanol–water partition coefficient (Wildman–Crippen LogP) is 5.26. The number of nitrogens with zero attached hydrogens (tertiary/aromatic N) is 1. The molecular formula is C18H16Cl3NO3. The molecule has 2 aromatic rings. The van der Waals surface area contributed by atoms with Crippen LogP contribution in [-0.4, -0.2) is 24.0 Å². The minimum absolute atomic E-state index is 0.0311. The highest BCUT2D eigenvalue weighted by Crippen LogP contribution is 2.31. The minimum atomic E-state index is -0.988. The molecule has 132 valence electrons. The number of carbonyl (C=O) groups excluding carboxylic acids is 1. The Bertz CT molecular complexity index is 778. The van der Waals surface area contributed by atoms with Gasteiger partial charge in [-0.25, -0.2) is 0 Å². The van der Waals surface area contributed by atoms with Crippen LogP contribution in [0.3, 0.4) is 0 Å². The molecule has 0 aliphatic heterocycles. The van der Waals surface area contributed by atoms with Gasteiger partial charge in [0, 0.05) is 30.1 Å². The summed E-state index contributed by atoms with van der Waals surface area (Å²) < 4.78 is 0. The van der Waals surface area contributed by atoms with Crippen molar-refractivity contribution in [2.75, 3.05) is 11.9 Å². The Morgan fingerprint density at radius 3 is 2.20 bits per heavy atom. The molecular weight excluding hydrogens is 385 g/mol. The molecule has 0 aliphatic carbocycles. The lowest BCUT2D eigenvalue weighted by atomic mass is 9.92. The Labute approximate surface area is 160 Å². The summed E-state index contributed by atoms with van der Waals surface area (Å²) in [5.74, 6) is -1.70. The molecule has 0 radical (unpaired) electrons. The fourth-order valence-corrected chi connectivity index (χ4v) is 2.87. The van der Waals surface area contributed by atoms with Gasteiger partial charge in [0.1, 0.15) is 0 Å². The van der Waals surface area contributed by atoms with Crippen molar-refractivity contribution in [1.82, 2.24) is 0 Å². The van der Waals surface area contributed by atoms with Gasteiger partial charge in [-0.1, -0.05) is 40.9 Å². The van der Waals surface area contributed by atoms with Crippen molar-refractivity contribution in [1.29, 1.82) is 0 Å². The zero-order valence-corrected chi connectivity index (χ0v) is 15.6. The molecule has 0 aliphatic rings. The Morgan fingerprint density at radius 2 is 1.64 bits per heavy atom. The summed E-state index contributed by atoms with van der Waals surface area (Å²) in [4.78, 5) is 25.3. The van der Waals surface area contributed by atoms with Crippen LogP contribution in [0.25, 0.3) is 0 Å². The van der Waals surface area contributed by atoms with E-state index < -0.39 is 11.9 Å². The Balaban J connectivity index is 2.20. The first-order valence-electron chi connectivity index (χ1n) is 7.46. The van der Waals surface area contributed by atoms with E-state index in [4.69, 9.17) is 39.9 Å². The van der Waals surface area contributed by atoms with Crippen LogP contribution in [0.15, 0.2) is 42.5 Å².